The minimum absolute atomic E-state index is 0.0787. The lowest BCUT2D eigenvalue weighted by molar-refractivity contribution is -0.126. The lowest BCUT2D eigenvalue weighted by Crippen LogP contribution is -2.55. The van der Waals surface area contributed by atoms with Crippen molar-refractivity contribution in [3.8, 4) is 5.69 Å². The number of nitrogens with one attached hydrogen (secondary N) is 1. The quantitative estimate of drug-likeness (QED) is 0.848. The zero-order valence-corrected chi connectivity index (χ0v) is 17.5. The predicted molar refractivity (Wildman–Crippen MR) is 113 cm³/mol. The summed E-state index contributed by atoms with van der Waals surface area (Å²) in [7, 11) is 0. The van der Waals surface area contributed by atoms with Crippen molar-refractivity contribution in [2.24, 2.45) is 0 Å². The summed E-state index contributed by atoms with van der Waals surface area (Å²) in [6, 6.07) is 12.4. The first-order valence-electron chi connectivity index (χ1n) is 10.5. The van der Waals surface area contributed by atoms with Crippen LogP contribution in [0.1, 0.15) is 41.5 Å². The molecule has 6 heteroatoms. The molecule has 2 fully saturated rings. The van der Waals surface area contributed by atoms with E-state index >= 15 is 0 Å². The van der Waals surface area contributed by atoms with Crippen molar-refractivity contribution in [2.75, 3.05) is 26.2 Å². The van der Waals surface area contributed by atoms with E-state index in [1.165, 1.54) is 0 Å². The summed E-state index contributed by atoms with van der Waals surface area (Å²) in [5, 5.41) is 3.08. The Morgan fingerprint density at radius 2 is 1.69 bits per heavy atom. The van der Waals surface area contributed by atoms with Crippen molar-refractivity contribution < 1.29 is 9.59 Å². The topological polar surface area (TPSA) is 57.6 Å². The Balaban J connectivity index is 1.42. The van der Waals surface area contributed by atoms with Gasteiger partial charge in [0, 0.05) is 49.3 Å². The van der Waals surface area contributed by atoms with E-state index in [9.17, 15) is 9.59 Å². The largest absolute Gasteiger partial charge is 0.352 e. The van der Waals surface area contributed by atoms with Gasteiger partial charge in [-0.1, -0.05) is 18.2 Å². The number of hydrogen-bond acceptors (Lipinski definition) is 3. The predicted octanol–water partition coefficient (Wildman–Crippen LogP) is 2.52. The highest BCUT2D eigenvalue weighted by Gasteiger charge is 2.31. The Bertz CT molecular complexity index is 893. The molecule has 1 N–H and O–H groups in total. The molecule has 0 spiro atoms. The lowest BCUT2D eigenvalue weighted by Gasteiger charge is -2.37. The highest BCUT2D eigenvalue weighted by molar-refractivity contribution is 5.96. The average Bonchev–Trinajstić information content (AvgIpc) is 3.50. The smallest absolute Gasteiger partial charge is 0.255 e. The van der Waals surface area contributed by atoms with E-state index in [4.69, 9.17) is 0 Å². The van der Waals surface area contributed by atoms with Crippen molar-refractivity contribution in [1.29, 1.82) is 0 Å². The van der Waals surface area contributed by atoms with E-state index in [-0.39, 0.29) is 17.9 Å². The first-order valence-corrected chi connectivity index (χ1v) is 10.5. The SMILES string of the molecule is Cc1cc(C(=O)N2CCN(C(C)C(=O)NC3CC3)CC2)c(C)n1-c1ccccc1. The van der Waals surface area contributed by atoms with Gasteiger partial charge < -0.3 is 14.8 Å². The summed E-state index contributed by atoms with van der Waals surface area (Å²) in [5.74, 6) is 0.189. The van der Waals surface area contributed by atoms with Crippen molar-refractivity contribution in [3.63, 3.8) is 0 Å². The zero-order chi connectivity index (χ0) is 20.5. The first kappa shape index (κ1) is 19.7. The summed E-state index contributed by atoms with van der Waals surface area (Å²) in [6.07, 6.45) is 2.20. The van der Waals surface area contributed by atoms with E-state index in [1.807, 2.05) is 49.9 Å². The Kier molecular flexibility index (Phi) is 5.46. The molecule has 2 heterocycles. The second-order valence-electron chi connectivity index (χ2n) is 8.24. The number of carbonyl (C=O) groups is 2. The van der Waals surface area contributed by atoms with Gasteiger partial charge in [-0.05, 0) is 51.8 Å². The first-order chi connectivity index (χ1) is 14.0. The fraction of sp³-hybridized carbons (Fsp3) is 0.478. The number of nitrogens with zero attached hydrogens (tertiary/aromatic N) is 3. The second-order valence-corrected chi connectivity index (χ2v) is 8.24. The third kappa shape index (κ3) is 4.08. The summed E-state index contributed by atoms with van der Waals surface area (Å²) < 4.78 is 2.13. The van der Waals surface area contributed by atoms with Crippen molar-refractivity contribution in [3.05, 3.63) is 53.3 Å². The molecule has 0 radical (unpaired) electrons. The van der Waals surface area contributed by atoms with Crippen molar-refractivity contribution in [1.82, 2.24) is 19.7 Å². The van der Waals surface area contributed by atoms with Gasteiger partial charge in [0.2, 0.25) is 5.91 Å². The van der Waals surface area contributed by atoms with Crippen LogP contribution in [0, 0.1) is 13.8 Å². The van der Waals surface area contributed by atoms with Gasteiger partial charge in [0.15, 0.2) is 0 Å². The maximum atomic E-state index is 13.2. The molecular weight excluding hydrogens is 364 g/mol. The molecule has 1 saturated heterocycles. The molecule has 154 valence electrons. The zero-order valence-electron chi connectivity index (χ0n) is 17.5. The normalized spacial score (nSPS) is 18.5. The van der Waals surface area contributed by atoms with Gasteiger partial charge >= 0.3 is 0 Å². The minimum Gasteiger partial charge on any atom is -0.352 e. The van der Waals surface area contributed by atoms with E-state index in [2.05, 4.69) is 26.9 Å². The lowest BCUT2D eigenvalue weighted by atomic mass is 10.1. The second kappa shape index (κ2) is 8.03. The standard InChI is InChI=1S/C23H30N4O2/c1-16-15-21(17(2)27(16)20-7-5-4-6-8-20)23(29)26-13-11-25(12-14-26)18(3)22(28)24-19-9-10-19/h4-8,15,18-19H,9-14H2,1-3H3,(H,24,28). The summed E-state index contributed by atoms with van der Waals surface area (Å²) in [6.45, 7) is 8.75. The maximum absolute atomic E-state index is 13.2. The van der Waals surface area contributed by atoms with Gasteiger partial charge in [-0.3, -0.25) is 14.5 Å². The molecular formula is C23H30N4O2. The molecule has 1 aliphatic carbocycles. The molecule has 4 rings (SSSR count). The molecule has 6 nitrogen and oxygen atoms in total. The number of para-hydroxylation sites is 1. The molecule has 2 aliphatic rings. The van der Waals surface area contributed by atoms with Crippen LogP contribution in [0.15, 0.2) is 36.4 Å². The van der Waals surface area contributed by atoms with Crippen LogP contribution in [0.3, 0.4) is 0 Å². The summed E-state index contributed by atoms with van der Waals surface area (Å²) >= 11 is 0. The number of piperazine rings is 1. The highest BCUT2D eigenvalue weighted by atomic mass is 16.2. The molecule has 0 bridgehead atoms. The fourth-order valence-corrected chi connectivity index (χ4v) is 4.15. The summed E-state index contributed by atoms with van der Waals surface area (Å²) in [4.78, 5) is 29.6. The molecule has 1 saturated carbocycles. The Morgan fingerprint density at radius 3 is 2.31 bits per heavy atom. The van der Waals surface area contributed by atoms with Gasteiger partial charge in [-0.25, -0.2) is 0 Å². The third-order valence-electron chi connectivity index (χ3n) is 6.13. The molecule has 2 amide bonds. The van der Waals surface area contributed by atoms with Crippen LogP contribution in [0.4, 0.5) is 0 Å². The Labute approximate surface area is 172 Å². The van der Waals surface area contributed by atoms with Crippen LogP contribution in [0.25, 0.3) is 5.69 Å². The Morgan fingerprint density at radius 1 is 1.03 bits per heavy atom. The fourth-order valence-electron chi connectivity index (χ4n) is 4.15. The van der Waals surface area contributed by atoms with E-state index in [0.717, 1.165) is 48.6 Å². The van der Waals surface area contributed by atoms with Gasteiger partial charge in [0.05, 0.1) is 11.6 Å². The van der Waals surface area contributed by atoms with Crippen LogP contribution in [0.2, 0.25) is 0 Å². The van der Waals surface area contributed by atoms with Crippen LogP contribution in [-0.2, 0) is 4.79 Å². The van der Waals surface area contributed by atoms with E-state index in [1.54, 1.807) is 0 Å². The number of amides is 2. The van der Waals surface area contributed by atoms with Gasteiger partial charge in [-0.15, -0.1) is 0 Å². The van der Waals surface area contributed by atoms with Gasteiger partial charge in [-0.2, -0.15) is 0 Å². The van der Waals surface area contributed by atoms with Crippen molar-refractivity contribution in [2.45, 2.75) is 45.7 Å². The number of rotatable bonds is 5. The van der Waals surface area contributed by atoms with Gasteiger partial charge in [0.1, 0.15) is 0 Å². The van der Waals surface area contributed by atoms with Crippen LogP contribution in [-0.4, -0.2) is 64.4 Å². The number of carbonyl (C=O) groups excluding carboxylic acids is 2. The number of hydrogen-bond donors (Lipinski definition) is 1. The van der Waals surface area contributed by atoms with E-state index < -0.39 is 0 Å². The number of benzene rings is 1. The van der Waals surface area contributed by atoms with Gasteiger partial charge in [0.25, 0.3) is 5.91 Å². The number of aromatic nitrogens is 1. The van der Waals surface area contributed by atoms with Crippen LogP contribution >= 0.6 is 0 Å². The highest BCUT2D eigenvalue weighted by Crippen LogP contribution is 2.23. The van der Waals surface area contributed by atoms with Crippen LogP contribution < -0.4 is 5.32 Å². The molecule has 1 aliphatic heterocycles. The Hall–Kier alpha value is -2.60. The molecule has 1 atom stereocenters. The maximum Gasteiger partial charge on any atom is 0.255 e. The molecule has 1 unspecified atom stereocenters. The summed E-state index contributed by atoms with van der Waals surface area (Å²) in [5.41, 5.74) is 3.86. The third-order valence-corrected chi connectivity index (χ3v) is 6.13. The molecule has 29 heavy (non-hydrogen) atoms. The van der Waals surface area contributed by atoms with Crippen molar-refractivity contribution >= 4 is 11.8 Å². The minimum atomic E-state index is -0.143. The molecule has 2 aromatic rings. The number of aryl methyl sites for hydroxylation is 1. The molecule has 1 aromatic carbocycles. The van der Waals surface area contributed by atoms with Crippen LogP contribution in [0.5, 0.6) is 0 Å². The molecule has 1 aromatic heterocycles. The van der Waals surface area contributed by atoms with E-state index in [0.29, 0.717) is 19.1 Å². The average molecular weight is 395 g/mol. The monoisotopic (exact) mass is 394 g/mol.